The molecule has 0 radical (unpaired) electrons. The van der Waals surface area contributed by atoms with Crippen LogP contribution in [0, 0.1) is 5.92 Å². The Morgan fingerprint density at radius 1 is 1.29 bits per heavy atom. The van der Waals surface area contributed by atoms with Crippen LogP contribution in [0.5, 0.6) is 0 Å². The molecular formula is C16H21ClN2OS. The summed E-state index contributed by atoms with van der Waals surface area (Å²) in [5.74, 6) is 0.545. The van der Waals surface area contributed by atoms with Crippen molar-refractivity contribution in [1.29, 1.82) is 0 Å². The van der Waals surface area contributed by atoms with Gasteiger partial charge in [0, 0.05) is 29.8 Å². The van der Waals surface area contributed by atoms with E-state index in [2.05, 4.69) is 22.4 Å². The first-order chi connectivity index (χ1) is 10.3. The number of aromatic nitrogens is 1. The third kappa shape index (κ3) is 6.14. The Labute approximate surface area is 135 Å². The van der Waals surface area contributed by atoms with Crippen LogP contribution in [0.25, 0.3) is 0 Å². The zero-order chi connectivity index (χ0) is 14.9. The fourth-order valence-corrected chi connectivity index (χ4v) is 3.11. The molecule has 1 unspecified atom stereocenters. The van der Waals surface area contributed by atoms with Crippen LogP contribution in [0.15, 0.2) is 36.0 Å². The standard InChI is InChI=1S/C16H21ClN2OS/c1-20-7-6-18-10-14(9-16-11-19-12-21-16)8-13-2-4-15(17)5-3-13/h2-5,11-12,14,18H,6-10H2,1H3. The SMILES string of the molecule is COCCNCC(Cc1ccc(Cl)cc1)Cc1cncs1. The molecule has 1 aromatic carbocycles. The van der Waals surface area contributed by atoms with Gasteiger partial charge < -0.3 is 10.1 Å². The minimum Gasteiger partial charge on any atom is -0.383 e. The number of nitrogens with zero attached hydrogens (tertiary/aromatic N) is 1. The van der Waals surface area contributed by atoms with Crippen LogP contribution in [0.2, 0.25) is 5.02 Å². The van der Waals surface area contributed by atoms with Gasteiger partial charge in [0.2, 0.25) is 0 Å². The molecule has 0 aliphatic carbocycles. The number of halogens is 1. The average molecular weight is 325 g/mol. The van der Waals surface area contributed by atoms with Crippen molar-refractivity contribution in [1.82, 2.24) is 10.3 Å². The number of nitrogens with one attached hydrogen (secondary N) is 1. The topological polar surface area (TPSA) is 34.1 Å². The van der Waals surface area contributed by atoms with Crippen molar-refractivity contribution in [3.05, 3.63) is 51.4 Å². The van der Waals surface area contributed by atoms with Crippen LogP contribution in [0.1, 0.15) is 10.4 Å². The highest BCUT2D eigenvalue weighted by atomic mass is 35.5. The predicted molar refractivity (Wildman–Crippen MR) is 89.2 cm³/mol. The second kappa shape index (κ2) is 9.15. The van der Waals surface area contributed by atoms with E-state index in [1.807, 2.05) is 23.8 Å². The Morgan fingerprint density at radius 3 is 2.76 bits per heavy atom. The number of rotatable bonds is 9. The molecule has 3 nitrogen and oxygen atoms in total. The van der Waals surface area contributed by atoms with Crippen molar-refractivity contribution >= 4 is 22.9 Å². The fourth-order valence-electron chi connectivity index (χ4n) is 2.28. The minimum absolute atomic E-state index is 0.545. The Kier molecular flexibility index (Phi) is 7.16. The van der Waals surface area contributed by atoms with Crippen molar-refractivity contribution < 1.29 is 4.74 Å². The molecule has 114 valence electrons. The lowest BCUT2D eigenvalue weighted by atomic mass is 9.95. The van der Waals surface area contributed by atoms with Crippen LogP contribution in [-0.2, 0) is 17.6 Å². The van der Waals surface area contributed by atoms with E-state index in [-0.39, 0.29) is 0 Å². The minimum atomic E-state index is 0.545. The number of hydrogen-bond acceptors (Lipinski definition) is 4. The summed E-state index contributed by atoms with van der Waals surface area (Å²) in [5.41, 5.74) is 3.22. The molecule has 2 aromatic rings. The van der Waals surface area contributed by atoms with Gasteiger partial charge in [-0.25, -0.2) is 0 Å². The lowest BCUT2D eigenvalue weighted by Gasteiger charge is -2.17. The number of thiazole rings is 1. The van der Waals surface area contributed by atoms with E-state index in [1.54, 1.807) is 18.4 Å². The Morgan fingerprint density at radius 2 is 2.10 bits per heavy atom. The Bertz CT molecular complexity index is 502. The molecule has 0 bridgehead atoms. The Hall–Kier alpha value is -0.940. The molecule has 0 spiro atoms. The highest BCUT2D eigenvalue weighted by Gasteiger charge is 2.12. The van der Waals surface area contributed by atoms with Gasteiger partial charge in [-0.1, -0.05) is 23.7 Å². The van der Waals surface area contributed by atoms with Gasteiger partial charge in [0.25, 0.3) is 0 Å². The van der Waals surface area contributed by atoms with E-state index < -0.39 is 0 Å². The second-order valence-corrected chi connectivity index (χ2v) is 6.47. The molecule has 21 heavy (non-hydrogen) atoms. The molecule has 1 atom stereocenters. The predicted octanol–water partition coefficient (Wildman–Crippen LogP) is 3.43. The maximum atomic E-state index is 5.95. The summed E-state index contributed by atoms with van der Waals surface area (Å²) < 4.78 is 5.08. The quantitative estimate of drug-likeness (QED) is 0.718. The lowest BCUT2D eigenvalue weighted by Crippen LogP contribution is -2.28. The van der Waals surface area contributed by atoms with Crippen molar-refractivity contribution in [2.24, 2.45) is 5.92 Å². The first-order valence-corrected chi connectivity index (χ1v) is 8.35. The van der Waals surface area contributed by atoms with Gasteiger partial charge in [0.15, 0.2) is 0 Å². The summed E-state index contributed by atoms with van der Waals surface area (Å²) in [6.45, 7) is 2.61. The van der Waals surface area contributed by atoms with E-state index in [9.17, 15) is 0 Å². The zero-order valence-corrected chi connectivity index (χ0v) is 13.8. The molecule has 0 amide bonds. The van der Waals surface area contributed by atoms with E-state index in [1.165, 1.54) is 10.4 Å². The fraction of sp³-hybridized carbons (Fsp3) is 0.438. The third-order valence-corrected chi connectivity index (χ3v) is 4.38. The van der Waals surface area contributed by atoms with Gasteiger partial charge >= 0.3 is 0 Å². The smallest absolute Gasteiger partial charge is 0.0794 e. The van der Waals surface area contributed by atoms with Crippen LogP contribution in [0.4, 0.5) is 0 Å². The maximum absolute atomic E-state index is 5.95. The van der Waals surface area contributed by atoms with E-state index >= 15 is 0 Å². The summed E-state index contributed by atoms with van der Waals surface area (Å²) in [5, 5.41) is 4.25. The van der Waals surface area contributed by atoms with Crippen LogP contribution in [-0.4, -0.2) is 31.8 Å². The van der Waals surface area contributed by atoms with Crippen LogP contribution in [0.3, 0.4) is 0 Å². The summed E-state index contributed by atoms with van der Waals surface area (Å²) in [4.78, 5) is 5.50. The number of hydrogen-bond donors (Lipinski definition) is 1. The van der Waals surface area contributed by atoms with Gasteiger partial charge in [-0.15, -0.1) is 11.3 Å². The molecule has 1 heterocycles. The molecule has 0 fully saturated rings. The summed E-state index contributed by atoms with van der Waals surface area (Å²) >= 11 is 7.67. The van der Waals surface area contributed by atoms with Crippen molar-refractivity contribution in [2.45, 2.75) is 12.8 Å². The van der Waals surface area contributed by atoms with Gasteiger partial charge in [-0.2, -0.15) is 0 Å². The van der Waals surface area contributed by atoms with Crippen LogP contribution >= 0.6 is 22.9 Å². The molecule has 2 rings (SSSR count). The highest BCUT2D eigenvalue weighted by molar-refractivity contribution is 7.09. The first-order valence-electron chi connectivity index (χ1n) is 7.09. The van der Waals surface area contributed by atoms with Gasteiger partial charge in [-0.05, 0) is 43.0 Å². The van der Waals surface area contributed by atoms with Gasteiger partial charge in [0.1, 0.15) is 0 Å². The largest absolute Gasteiger partial charge is 0.383 e. The summed E-state index contributed by atoms with van der Waals surface area (Å²) in [7, 11) is 1.73. The van der Waals surface area contributed by atoms with E-state index in [4.69, 9.17) is 16.3 Å². The van der Waals surface area contributed by atoms with Crippen LogP contribution < -0.4 is 5.32 Å². The molecule has 5 heteroatoms. The van der Waals surface area contributed by atoms with Crippen molar-refractivity contribution in [2.75, 3.05) is 26.8 Å². The van der Waals surface area contributed by atoms with Gasteiger partial charge in [-0.3, -0.25) is 4.98 Å². The molecule has 0 saturated heterocycles. The maximum Gasteiger partial charge on any atom is 0.0794 e. The van der Waals surface area contributed by atoms with Crippen molar-refractivity contribution in [3.63, 3.8) is 0 Å². The summed E-state index contributed by atoms with van der Waals surface area (Å²) in [6.07, 6.45) is 4.05. The number of ether oxygens (including phenoxy) is 1. The monoisotopic (exact) mass is 324 g/mol. The van der Waals surface area contributed by atoms with Crippen molar-refractivity contribution in [3.8, 4) is 0 Å². The molecule has 0 aliphatic heterocycles. The third-order valence-electron chi connectivity index (χ3n) is 3.33. The molecule has 1 N–H and O–H groups in total. The van der Waals surface area contributed by atoms with E-state index in [0.717, 1.165) is 37.6 Å². The van der Waals surface area contributed by atoms with Gasteiger partial charge in [0.05, 0.1) is 12.1 Å². The second-order valence-electron chi connectivity index (χ2n) is 5.07. The molecule has 0 saturated carbocycles. The zero-order valence-electron chi connectivity index (χ0n) is 12.2. The summed E-state index contributed by atoms with van der Waals surface area (Å²) in [6, 6.07) is 8.13. The number of benzene rings is 1. The first kappa shape index (κ1) is 16.4. The normalized spacial score (nSPS) is 12.5. The number of methoxy groups -OCH3 is 1. The molecular weight excluding hydrogens is 304 g/mol. The lowest BCUT2D eigenvalue weighted by molar-refractivity contribution is 0.197. The Balaban J connectivity index is 1.91. The average Bonchev–Trinajstić information content (AvgIpc) is 2.99. The molecule has 1 aromatic heterocycles. The van der Waals surface area contributed by atoms with E-state index in [0.29, 0.717) is 5.92 Å². The highest BCUT2D eigenvalue weighted by Crippen LogP contribution is 2.18. The molecule has 0 aliphatic rings.